The SMILES string of the molecule is C[C@H](Cc1cccc(N)c1F)NCC(F)(F)CO. The van der Waals surface area contributed by atoms with Crippen molar-refractivity contribution in [2.24, 2.45) is 0 Å². The van der Waals surface area contributed by atoms with Crippen molar-refractivity contribution in [1.82, 2.24) is 5.32 Å². The van der Waals surface area contributed by atoms with Gasteiger partial charge in [-0.1, -0.05) is 12.1 Å². The number of aliphatic hydroxyl groups excluding tert-OH is 1. The fourth-order valence-electron chi connectivity index (χ4n) is 1.54. The van der Waals surface area contributed by atoms with E-state index in [1.54, 1.807) is 19.1 Å². The summed E-state index contributed by atoms with van der Waals surface area (Å²) in [6.07, 6.45) is 0.248. The van der Waals surface area contributed by atoms with Crippen LogP contribution >= 0.6 is 0 Å². The number of nitrogens with one attached hydrogen (secondary N) is 1. The van der Waals surface area contributed by atoms with Crippen molar-refractivity contribution >= 4 is 5.69 Å². The Bertz CT molecular complexity index is 399. The molecule has 102 valence electrons. The highest BCUT2D eigenvalue weighted by Gasteiger charge is 2.27. The Morgan fingerprint density at radius 2 is 2.11 bits per heavy atom. The number of benzene rings is 1. The van der Waals surface area contributed by atoms with Gasteiger partial charge in [-0.15, -0.1) is 0 Å². The number of alkyl halides is 2. The van der Waals surface area contributed by atoms with Gasteiger partial charge in [-0.05, 0) is 25.0 Å². The van der Waals surface area contributed by atoms with Gasteiger partial charge in [0.25, 0.3) is 5.92 Å². The molecule has 0 spiro atoms. The number of hydrogen-bond acceptors (Lipinski definition) is 3. The summed E-state index contributed by atoms with van der Waals surface area (Å²) in [6, 6.07) is 4.27. The molecule has 0 heterocycles. The standard InChI is InChI=1S/C12H17F3N2O/c1-8(17-6-12(14,15)7-18)5-9-3-2-4-10(16)11(9)13/h2-4,8,17-18H,5-7,16H2,1H3/t8-/m1/s1. The Labute approximate surface area is 104 Å². The van der Waals surface area contributed by atoms with Gasteiger partial charge in [-0.3, -0.25) is 0 Å². The first-order valence-electron chi connectivity index (χ1n) is 5.60. The van der Waals surface area contributed by atoms with Crippen LogP contribution in [0.3, 0.4) is 0 Å². The zero-order valence-corrected chi connectivity index (χ0v) is 10.1. The summed E-state index contributed by atoms with van der Waals surface area (Å²) in [6.45, 7) is -0.190. The van der Waals surface area contributed by atoms with Crippen LogP contribution in [0.25, 0.3) is 0 Å². The van der Waals surface area contributed by atoms with Gasteiger partial charge in [0.1, 0.15) is 12.4 Å². The summed E-state index contributed by atoms with van der Waals surface area (Å²) < 4.78 is 39.1. The van der Waals surface area contributed by atoms with Crippen molar-refractivity contribution in [3.8, 4) is 0 Å². The highest BCUT2D eigenvalue weighted by atomic mass is 19.3. The molecule has 0 aliphatic carbocycles. The Morgan fingerprint density at radius 3 is 2.72 bits per heavy atom. The maximum absolute atomic E-state index is 13.6. The molecular formula is C12H17F3N2O. The molecule has 1 rings (SSSR count). The largest absolute Gasteiger partial charge is 0.396 e. The molecule has 1 aromatic rings. The van der Waals surface area contributed by atoms with E-state index in [0.29, 0.717) is 5.56 Å². The van der Waals surface area contributed by atoms with Gasteiger partial charge in [0.15, 0.2) is 0 Å². The van der Waals surface area contributed by atoms with Gasteiger partial charge in [0.05, 0.1) is 12.2 Å². The third-order valence-corrected chi connectivity index (χ3v) is 2.58. The van der Waals surface area contributed by atoms with E-state index in [0.717, 1.165) is 0 Å². The summed E-state index contributed by atoms with van der Waals surface area (Å²) in [5, 5.41) is 11.0. The maximum atomic E-state index is 13.6. The first-order chi connectivity index (χ1) is 8.35. The van der Waals surface area contributed by atoms with E-state index >= 15 is 0 Å². The lowest BCUT2D eigenvalue weighted by molar-refractivity contribution is -0.0490. The number of hydrogen-bond donors (Lipinski definition) is 3. The molecule has 18 heavy (non-hydrogen) atoms. The number of aliphatic hydroxyl groups is 1. The van der Waals surface area contributed by atoms with Crippen molar-refractivity contribution in [2.45, 2.75) is 25.3 Å². The number of rotatable bonds is 6. The van der Waals surface area contributed by atoms with Crippen LogP contribution in [0.2, 0.25) is 0 Å². The Morgan fingerprint density at radius 1 is 1.44 bits per heavy atom. The molecule has 3 nitrogen and oxygen atoms in total. The summed E-state index contributed by atoms with van der Waals surface area (Å²) in [4.78, 5) is 0. The monoisotopic (exact) mass is 262 g/mol. The summed E-state index contributed by atoms with van der Waals surface area (Å²) in [5.41, 5.74) is 5.83. The van der Waals surface area contributed by atoms with Crippen LogP contribution in [0.4, 0.5) is 18.9 Å². The first kappa shape index (κ1) is 14.8. The lowest BCUT2D eigenvalue weighted by Gasteiger charge is -2.19. The highest BCUT2D eigenvalue weighted by Crippen LogP contribution is 2.16. The predicted octanol–water partition coefficient (Wildman–Crippen LogP) is 1.56. The van der Waals surface area contributed by atoms with E-state index in [-0.39, 0.29) is 18.2 Å². The van der Waals surface area contributed by atoms with Crippen LogP contribution in [0, 0.1) is 5.82 Å². The Balaban J connectivity index is 2.55. The maximum Gasteiger partial charge on any atom is 0.282 e. The summed E-state index contributed by atoms with van der Waals surface area (Å²) in [5.74, 6) is -3.68. The van der Waals surface area contributed by atoms with Crippen LogP contribution < -0.4 is 11.1 Å². The molecule has 0 fully saturated rings. The van der Waals surface area contributed by atoms with Gasteiger partial charge in [0.2, 0.25) is 0 Å². The van der Waals surface area contributed by atoms with Crippen molar-refractivity contribution in [3.63, 3.8) is 0 Å². The minimum absolute atomic E-state index is 0.0420. The van der Waals surface area contributed by atoms with Gasteiger partial charge in [-0.25, -0.2) is 13.2 Å². The number of halogens is 3. The number of anilines is 1. The van der Waals surface area contributed by atoms with Crippen LogP contribution in [0.5, 0.6) is 0 Å². The molecule has 6 heteroatoms. The fourth-order valence-corrected chi connectivity index (χ4v) is 1.54. The molecule has 0 aromatic heterocycles. The average Bonchev–Trinajstić information content (AvgIpc) is 2.33. The molecule has 1 atom stereocenters. The van der Waals surface area contributed by atoms with E-state index in [1.807, 2.05) is 0 Å². The number of nitrogens with two attached hydrogens (primary N) is 1. The average molecular weight is 262 g/mol. The van der Waals surface area contributed by atoms with Crippen LogP contribution in [0.1, 0.15) is 12.5 Å². The van der Waals surface area contributed by atoms with Crippen molar-refractivity contribution < 1.29 is 18.3 Å². The van der Waals surface area contributed by atoms with Crippen molar-refractivity contribution in [3.05, 3.63) is 29.6 Å². The number of nitrogen functional groups attached to an aromatic ring is 1. The molecule has 0 saturated heterocycles. The second-order valence-electron chi connectivity index (χ2n) is 4.32. The molecule has 0 unspecified atom stereocenters. The van der Waals surface area contributed by atoms with Gasteiger partial charge in [0, 0.05) is 6.04 Å². The van der Waals surface area contributed by atoms with Crippen molar-refractivity contribution in [1.29, 1.82) is 0 Å². The fraction of sp³-hybridized carbons (Fsp3) is 0.500. The lowest BCUT2D eigenvalue weighted by atomic mass is 10.1. The molecule has 0 bridgehead atoms. The minimum atomic E-state index is -3.16. The lowest BCUT2D eigenvalue weighted by Crippen LogP contribution is -2.40. The second kappa shape index (κ2) is 6.06. The van der Waals surface area contributed by atoms with E-state index in [9.17, 15) is 13.2 Å². The minimum Gasteiger partial charge on any atom is -0.396 e. The second-order valence-corrected chi connectivity index (χ2v) is 4.32. The van der Waals surface area contributed by atoms with Crippen LogP contribution in [-0.4, -0.2) is 30.2 Å². The van der Waals surface area contributed by atoms with E-state index < -0.39 is 24.9 Å². The van der Waals surface area contributed by atoms with E-state index in [2.05, 4.69) is 5.32 Å². The first-order valence-corrected chi connectivity index (χ1v) is 5.60. The molecule has 1 aromatic carbocycles. The highest BCUT2D eigenvalue weighted by molar-refractivity contribution is 5.43. The normalized spacial score (nSPS) is 13.6. The Hall–Kier alpha value is -1.27. The smallest absolute Gasteiger partial charge is 0.282 e. The van der Waals surface area contributed by atoms with Crippen molar-refractivity contribution in [2.75, 3.05) is 18.9 Å². The molecule has 0 radical (unpaired) electrons. The predicted molar refractivity (Wildman–Crippen MR) is 64.0 cm³/mol. The molecule has 4 N–H and O–H groups in total. The van der Waals surface area contributed by atoms with Gasteiger partial charge < -0.3 is 16.2 Å². The van der Waals surface area contributed by atoms with Crippen LogP contribution in [-0.2, 0) is 6.42 Å². The zero-order chi connectivity index (χ0) is 13.8. The quantitative estimate of drug-likeness (QED) is 0.682. The summed E-state index contributed by atoms with van der Waals surface area (Å²) in [7, 11) is 0. The third-order valence-electron chi connectivity index (χ3n) is 2.58. The molecule has 0 amide bonds. The Kier molecular flexibility index (Phi) is 4.98. The van der Waals surface area contributed by atoms with E-state index in [1.165, 1.54) is 6.07 Å². The van der Waals surface area contributed by atoms with Gasteiger partial charge in [-0.2, -0.15) is 0 Å². The molecule has 0 saturated carbocycles. The third kappa shape index (κ3) is 4.19. The molecule has 0 aliphatic heterocycles. The zero-order valence-electron chi connectivity index (χ0n) is 10.1. The van der Waals surface area contributed by atoms with Gasteiger partial charge >= 0.3 is 0 Å². The summed E-state index contributed by atoms with van der Waals surface area (Å²) >= 11 is 0. The molecular weight excluding hydrogens is 245 g/mol. The topological polar surface area (TPSA) is 58.3 Å². The van der Waals surface area contributed by atoms with Crippen LogP contribution in [0.15, 0.2) is 18.2 Å². The van der Waals surface area contributed by atoms with E-state index in [4.69, 9.17) is 10.8 Å². The molecule has 0 aliphatic rings.